The first-order valence-electron chi connectivity index (χ1n) is 7.77. The van der Waals surface area contributed by atoms with E-state index in [0.717, 1.165) is 25.1 Å². The third kappa shape index (κ3) is 3.47. The third-order valence-corrected chi connectivity index (χ3v) is 4.07. The predicted molar refractivity (Wildman–Crippen MR) is 80.0 cm³/mol. The molecule has 2 N–H and O–H groups in total. The second kappa shape index (κ2) is 6.90. The zero-order valence-corrected chi connectivity index (χ0v) is 12.4. The first-order valence-corrected chi connectivity index (χ1v) is 7.77. The van der Waals surface area contributed by atoms with Crippen LogP contribution in [0.3, 0.4) is 0 Å². The van der Waals surface area contributed by atoms with Crippen molar-refractivity contribution in [2.24, 2.45) is 5.73 Å². The Bertz CT molecular complexity index is 431. The second-order valence-corrected chi connectivity index (χ2v) is 5.44. The van der Waals surface area contributed by atoms with Crippen molar-refractivity contribution in [3.05, 3.63) is 29.1 Å². The summed E-state index contributed by atoms with van der Waals surface area (Å²) in [7, 11) is 0. The van der Waals surface area contributed by atoms with Crippen LogP contribution in [0.15, 0.2) is 17.7 Å². The van der Waals surface area contributed by atoms with Gasteiger partial charge in [-0.2, -0.15) is 5.10 Å². The zero-order valence-electron chi connectivity index (χ0n) is 12.4. The number of aryl methyl sites for hydroxylation is 2. The minimum atomic E-state index is 0.0332. The molecule has 0 aliphatic heterocycles. The molecule has 1 heterocycles. The van der Waals surface area contributed by atoms with Crippen molar-refractivity contribution in [2.45, 2.75) is 71.4 Å². The van der Waals surface area contributed by atoms with Crippen LogP contribution in [0.4, 0.5) is 0 Å². The molecule has 2 rings (SSSR count). The summed E-state index contributed by atoms with van der Waals surface area (Å²) in [5.74, 6) is 0. The van der Waals surface area contributed by atoms with Gasteiger partial charge in [0.1, 0.15) is 0 Å². The van der Waals surface area contributed by atoms with Gasteiger partial charge in [-0.1, -0.05) is 31.4 Å². The summed E-state index contributed by atoms with van der Waals surface area (Å²) in [4.78, 5) is 0. The molecule has 1 aromatic rings. The van der Waals surface area contributed by atoms with E-state index in [1.54, 1.807) is 0 Å². The molecule has 0 radical (unpaired) electrons. The maximum Gasteiger partial charge on any atom is 0.0682 e. The minimum Gasteiger partial charge on any atom is -0.319 e. The average Bonchev–Trinajstić information content (AvgIpc) is 2.81. The molecular weight excluding hydrogens is 234 g/mol. The lowest BCUT2D eigenvalue weighted by Gasteiger charge is -2.19. The number of hydrogen-bond acceptors (Lipinski definition) is 2. The molecule has 0 amide bonds. The molecule has 0 saturated carbocycles. The van der Waals surface area contributed by atoms with Crippen molar-refractivity contribution in [1.29, 1.82) is 0 Å². The largest absolute Gasteiger partial charge is 0.319 e. The monoisotopic (exact) mass is 261 g/mol. The molecule has 3 nitrogen and oxygen atoms in total. The Labute approximate surface area is 116 Å². The van der Waals surface area contributed by atoms with Crippen LogP contribution < -0.4 is 5.73 Å². The van der Waals surface area contributed by atoms with E-state index >= 15 is 0 Å². The molecule has 1 aromatic heterocycles. The smallest absolute Gasteiger partial charge is 0.0682 e. The highest BCUT2D eigenvalue weighted by molar-refractivity contribution is 5.24. The summed E-state index contributed by atoms with van der Waals surface area (Å²) in [6.07, 6.45) is 11.0. The summed E-state index contributed by atoms with van der Waals surface area (Å²) >= 11 is 0. The van der Waals surface area contributed by atoms with Crippen molar-refractivity contribution < 1.29 is 0 Å². The number of allylic oxidation sites excluding steroid dienone is 1. The summed E-state index contributed by atoms with van der Waals surface area (Å²) < 4.78 is 2.07. The summed E-state index contributed by atoms with van der Waals surface area (Å²) in [6.45, 7) is 5.18. The van der Waals surface area contributed by atoms with Gasteiger partial charge in [-0.25, -0.2) is 0 Å². The Morgan fingerprint density at radius 2 is 2.05 bits per heavy atom. The standard InChI is InChI=1S/C16H27N3/c1-3-14-12-15(19(4-2)18-14)16(17)13-10-8-6-5-7-9-11-13/h10,12,16H,3-9,11,17H2,1-2H3/b13-10+. The van der Waals surface area contributed by atoms with Gasteiger partial charge in [-0.05, 0) is 45.1 Å². The van der Waals surface area contributed by atoms with E-state index in [9.17, 15) is 0 Å². The lowest BCUT2D eigenvalue weighted by molar-refractivity contribution is 0.563. The van der Waals surface area contributed by atoms with Gasteiger partial charge in [-0.3, -0.25) is 4.68 Å². The highest BCUT2D eigenvalue weighted by Gasteiger charge is 2.18. The molecule has 3 heteroatoms. The fourth-order valence-electron chi connectivity index (χ4n) is 2.85. The third-order valence-electron chi connectivity index (χ3n) is 4.07. The molecule has 0 bridgehead atoms. The second-order valence-electron chi connectivity index (χ2n) is 5.44. The van der Waals surface area contributed by atoms with Gasteiger partial charge in [0.25, 0.3) is 0 Å². The zero-order chi connectivity index (χ0) is 13.7. The molecule has 0 fully saturated rings. The fourth-order valence-corrected chi connectivity index (χ4v) is 2.85. The van der Waals surface area contributed by atoms with Crippen LogP contribution in [0, 0.1) is 0 Å². The quantitative estimate of drug-likeness (QED) is 0.839. The Morgan fingerprint density at radius 3 is 2.79 bits per heavy atom. The number of hydrogen-bond donors (Lipinski definition) is 1. The normalized spacial score (nSPS) is 21.3. The van der Waals surface area contributed by atoms with Gasteiger partial charge >= 0.3 is 0 Å². The van der Waals surface area contributed by atoms with Crippen LogP contribution in [-0.2, 0) is 13.0 Å². The highest BCUT2D eigenvalue weighted by atomic mass is 15.3. The van der Waals surface area contributed by atoms with Crippen molar-refractivity contribution in [1.82, 2.24) is 9.78 Å². The molecule has 1 aliphatic rings. The van der Waals surface area contributed by atoms with Gasteiger partial charge < -0.3 is 5.73 Å². The number of nitrogens with zero attached hydrogens (tertiary/aromatic N) is 2. The van der Waals surface area contributed by atoms with E-state index < -0.39 is 0 Å². The van der Waals surface area contributed by atoms with Crippen LogP contribution in [0.25, 0.3) is 0 Å². The van der Waals surface area contributed by atoms with Gasteiger partial charge in [0.05, 0.1) is 17.4 Å². The van der Waals surface area contributed by atoms with Crippen molar-refractivity contribution >= 4 is 0 Å². The summed E-state index contributed by atoms with van der Waals surface area (Å²) in [5, 5.41) is 4.61. The van der Waals surface area contributed by atoms with E-state index in [1.807, 2.05) is 0 Å². The fraction of sp³-hybridized carbons (Fsp3) is 0.688. The van der Waals surface area contributed by atoms with E-state index in [1.165, 1.54) is 43.4 Å². The first-order chi connectivity index (χ1) is 9.26. The maximum atomic E-state index is 6.51. The van der Waals surface area contributed by atoms with Crippen LogP contribution in [0.1, 0.15) is 69.8 Å². The Morgan fingerprint density at radius 1 is 1.26 bits per heavy atom. The molecule has 0 spiro atoms. The highest BCUT2D eigenvalue weighted by Crippen LogP contribution is 2.27. The van der Waals surface area contributed by atoms with E-state index in [0.29, 0.717) is 0 Å². The van der Waals surface area contributed by atoms with E-state index in [2.05, 4.69) is 35.8 Å². The van der Waals surface area contributed by atoms with Crippen LogP contribution in [0.5, 0.6) is 0 Å². The van der Waals surface area contributed by atoms with Crippen molar-refractivity contribution in [3.8, 4) is 0 Å². The molecule has 1 atom stereocenters. The number of nitrogens with two attached hydrogens (primary N) is 1. The molecule has 1 aliphatic carbocycles. The van der Waals surface area contributed by atoms with Crippen LogP contribution in [-0.4, -0.2) is 9.78 Å². The summed E-state index contributed by atoms with van der Waals surface area (Å²) in [5.41, 5.74) is 10.3. The van der Waals surface area contributed by atoms with E-state index in [4.69, 9.17) is 5.73 Å². The topological polar surface area (TPSA) is 43.8 Å². The van der Waals surface area contributed by atoms with E-state index in [-0.39, 0.29) is 6.04 Å². The Kier molecular flexibility index (Phi) is 5.20. The SMILES string of the molecule is CCc1cc(C(N)/C2=C/CCCCCC2)n(CC)n1. The van der Waals surface area contributed by atoms with Gasteiger partial charge in [-0.15, -0.1) is 0 Å². The van der Waals surface area contributed by atoms with Crippen molar-refractivity contribution in [2.75, 3.05) is 0 Å². The first kappa shape index (κ1) is 14.3. The van der Waals surface area contributed by atoms with Gasteiger partial charge in [0.15, 0.2) is 0 Å². The van der Waals surface area contributed by atoms with Crippen LogP contribution in [0.2, 0.25) is 0 Å². The maximum absolute atomic E-state index is 6.51. The lowest BCUT2D eigenvalue weighted by atomic mass is 9.93. The van der Waals surface area contributed by atoms with Crippen molar-refractivity contribution in [3.63, 3.8) is 0 Å². The van der Waals surface area contributed by atoms with Gasteiger partial charge in [0.2, 0.25) is 0 Å². The van der Waals surface area contributed by atoms with Gasteiger partial charge in [0, 0.05) is 6.54 Å². The predicted octanol–water partition coefficient (Wildman–Crippen LogP) is 3.75. The molecule has 1 unspecified atom stereocenters. The summed E-state index contributed by atoms with van der Waals surface area (Å²) in [6, 6.07) is 2.22. The minimum absolute atomic E-state index is 0.0332. The molecule has 19 heavy (non-hydrogen) atoms. The molecular formula is C16H27N3. The molecule has 0 saturated heterocycles. The lowest BCUT2D eigenvalue weighted by Crippen LogP contribution is -2.18. The number of rotatable bonds is 4. The Balaban J connectivity index is 2.21. The Hall–Kier alpha value is -1.09. The average molecular weight is 261 g/mol. The molecule has 0 aromatic carbocycles. The van der Waals surface area contributed by atoms with Crippen LogP contribution >= 0.6 is 0 Å². The molecule has 106 valence electrons. The number of aromatic nitrogens is 2.